The van der Waals surface area contributed by atoms with E-state index >= 15 is 0 Å². The van der Waals surface area contributed by atoms with Crippen molar-refractivity contribution in [2.75, 3.05) is 57.4 Å². The lowest BCUT2D eigenvalue weighted by molar-refractivity contribution is -0.00306. The van der Waals surface area contributed by atoms with Crippen LogP contribution in [-0.4, -0.2) is 83.5 Å². The van der Waals surface area contributed by atoms with Gasteiger partial charge < -0.3 is 19.5 Å². The third-order valence-electron chi connectivity index (χ3n) is 9.87. The number of anilines is 1. The molecule has 2 aliphatic heterocycles. The van der Waals surface area contributed by atoms with Crippen LogP contribution >= 0.6 is 11.6 Å². The monoisotopic (exact) mass is 709 g/mol. The van der Waals surface area contributed by atoms with E-state index in [1.54, 1.807) is 6.07 Å². The van der Waals surface area contributed by atoms with Crippen LogP contribution in [0.15, 0.2) is 48.6 Å². The van der Waals surface area contributed by atoms with Crippen molar-refractivity contribution in [2.24, 2.45) is 11.8 Å². The van der Waals surface area contributed by atoms with Gasteiger partial charge in [-0.2, -0.15) is 0 Å². The molecule has 3 aliphatic rings. The third kappa shape index (κ3) is 9.47. The Kier molecular flexibility index (Phi) is 13.3. The summed E-state index contributed by atoms with van der Waals surface area (Å²) < 4.78 is 27.1. The van der Waals surface area contributed by atoms with Crippen LogP contribution in [0.2, 0.25) is 5.02 Å². The van der Waals surface area contributed by atoms with Crippen molar-refractivity contribution >= 4 is 34.2 Å². The van der Waals surface area contributed by atoms with E-state index in [1.807, 2.05) is 44.2 Å². The van der Waals surface area contributed by atoms with E-state index in [2.05, 4.69) is 52.3 Å². The van der Waals surface area contributed by atoms with Gasteiger partial charge in [-0.15, -0.1) is 0 Å². The molecular formula is C39H52ClN3O5S. The number of rotatable bonds is 12. The van der Waals surface area contributed by atoms with Crippen molar-refractivity contribution in [3.63, 3.8) is 0 Å². The van der Waals surface area contributed by atoms with E-state index in [0.717, 1.165) is 55.9 Å². The molecule has 2 aromatic carbocycles. The second-order valence-corrected chi connectivity index (χ2v) is 15.9. The van der Waals surface area contributed by atoms with Crippen LogP contribution in [0.25, 0.3) is 0 Å². The summed E-state index contributed by atoms with van der Waals surface area (Å²) in [6.45, 7) is 13.4. The maximum atomic E-state index is 13.2. The number of amides is 1. The molecule has 5 unspecified atom stereocenters. The maximum Gasteiger partial charge on any atom is 0.263 e. The third-order valence-corrected chi connectivity index (χ3v) is 11.3. The molecule has 0 aromatic heterocycles. The summed E-state index contributed by atoms with van der Waals surface area (Å²) in [4.78, 5) is 17.8. The number of nitrogens with one attached hydrogen (secondary N) is 1. The highest BCUT2D eigenvalue weighted by Crippen LogP contribution is 2.45. The second-order valence-electron chi connectivity index (χ2n) is 13.7. The minimum atomic E-state index is -1.49. The minimum Gasteiger partial charge on any atom is -0.491 e. The first-order valence-electron chi connectivity index (χ1n) is 17.8. The normalized spacial score (nSPS) is 23.0. The predicted molar refractivity (Wildman–Crippen MR) is 199 cm³/mol. The highest BCUT2D eigenvalue weighted by molar-refractivity contribution is 7.84. The molecule has 10 heteroatoms. The van der Waals surface area contributed by atoms with E-state index in [9.17, 15) is 14.1 Å². The first kappa shape index (κ1) is 37.4. The Bertz CT molecular complexity index is 1570. The number of ether oxygens (including phenoxy) is 2. The van der Waals surface area contributed by atoms with Gasteiger partial charge >= 0.3 is 0 Å². The average Bonchev–Trinajstić information content (AvgIpc) is 3.25. The molecule has 0 spiro atoms. The SMILES string of the molecule is CC/C=C/C(O)(C#CCN1CCOCC1)C1CCC1CN1CC(c2ccc(Cl)cc2CCC)COc2ccc(C(=O)NS(=O)C(C)C)cc21. The molecule has 1 saturated heterocycles. The zero-order valence-corrected chi connectivity index (χ0v) is 31.0. The molecule has 0 bridgehead atoms. The molecule has 2 heterocycles. The fourth-order valence-electron chi connectivity index (χ4n) is 6.98. The fourth-order valence-corrected chi connectivity index (χ4v) is 7.71. The van der Waals surface area contributed by atoms with Crippen LogP contribution in [0.4, 0.5) is 5.69 Å². The molecule has 266 valence electrons. The minimum absolute atomic E-state index is 0.0373. The lowest BCUT2D eigenvalue weighted by Gasteiger charge is -2.46. The number of carbonyl (C=O) groups excluding carboxylic acids is 1. The molecule has 1 saturated carbocycles. The maximum absolute atomic E-state index is 13.2. The molecule has 1 aliphatic carbocycles. The summed E-state index contributed by atoms with van der Waals surface area (Å²) >= 11 is 6.45. The Balaban J connectivity index is 1.45. The number of morpholine rings is 1. The van der Waals surface area contributed by atoms with Gasteiger partial charge in [-0.1, -0.05) is 55.9 Å². The Hall–Kier alpha value is -2.87. The number of hydrogen-bond acceptors (Lipinski definition) is 7. The van der Waals surface area contributed by atoms with Crippen LogP contribution in [-0.2, 0) is 22.1 Å². The summed E-state index contributed by atoms with van der Waals surface area (Å²) in [6.07, 6.45) is 8.50. The molecule has 0 radical (unpaired) electrons. The molecule has 2 N–H and O–H groups in total. The summed E-state index contributed by atoms with van der Waals surface area (Å²) in [5, 5.41) is 12.6. The number of carbonyl (C=O) groups is 1. The molecular weight excluding hydrogens is 658 g/mol. The lowest BCUT2D eigenvalue weighted by atomic mass is 9.64. The van der Waals surface area contributed by atoms with Gasteiger partial charge in [0.15, 0.2) is 0 Å². The number of halogens is 1. The number of aryl methyl sites for hydroxylation is 1. The van der Waals surface area contributed by atoms with Crippen LogP contribution < -0.4 is 14.4 Å². The highest BCUT2D eigenvalue weighted by atomic mass is 35.5. The first-order chi connectivity index (χ1) is 23.6. The number of benzene rings is 2. The van der Waals surface area contributed by atoms with Gasteiger partial charge in [0.2, 0.25) is 0 Å². The molecule has 8 nitrogen and oxygen atoms in total. The van der Waals surface area contributed by atoms with Crippen molar-refractivity contribution in [3.8, 4) is 17.6 Å². The van der Waals surface area contributed by atoms with Gasteiger partial charge in [0.1, 0.15) is 22.3 Å². The van der Waals surface area contributed by atoms with Gasteiger partial charge in [-0.05, 0) is 93.0 Å². The first-order valence-corrected chi connectivity index (χ1v) is 19.4. The van der Waals surface area contributed by atoms with Crippen LogP contribution in [0.5, 0.6) is 5.75 Å². The van der Waals surface area contributed by atoms with E-state index in [-0.39, 0.29) is 28.9 Å². The molecule has 5 rings (SSSR count). The van der Waals surface area contributed by atoms with Crippen LogP contribution in [0.1, 0.15) is 80.8 Å². The number of fused-ring (bicyclic) bond motifs is 1. The summed E-state index contributed by atoms with van der Waals surface area (Å²) in [5.74, 6) is 7.11. The highest BCUT2D eigenvalue weighted by Gasteiger charge is 2.45. The zero-order chi connectivity index (χ0) is 35.0. The topological polar surface area (TPSA) is 91.3 Å². The van der Waals surface area contributed by atoms with Crippen LogP contribution in [0, 0.1) is 23.7 Å². The number of nitrogens with zero attached hydrogens (tertiary/aromatic N) is 2. The Morgan fingerprint density at radius 1 is 1.18 bits per heavy atom. The lowest BCUT2D eigenvalue weighted by Crippen LogP contribution is -2.49. The average molecular weight is 710 g/mol. The number of hydrogen-bond donors (Lipinski definition) is 2. The van der Waals surface area contributed by atoms with Crippen molar-refractivity contribution in [2.45, 2.75) is 76.6 Å². The van der Waals surface area contributed by atoms with Gasteiger partial charge in [0, 0.05) is 53.9 Å². The molecule has 5 atom stereocenters. The van der Waals surface area contributed by atoms with Crippen molar-refractivity contribution in [1.82, 2.24) is 9.62 Å². The largest absolute Gasteiger partial charge is 0.491 e. The van der Waals surface area contributed by atoms with E-state index in [4.69, 9.17) is 21.1 Å². The van der Waals surface area contributed by atoms with Crippen molar-refractivity contribution in [3.05, 3.63) is 70.3 Å². The molecule has 49 heavy (non-hydrogen) atoms. The van der Waals surface area contributed by atoms with Gasteiger partial charge in [0.05, 0.1) is 32.1 Å². The van der Waals surface area contributed by atoms with Crippen molar-refractivity contribution < 1.29 is 23.6 Å². The van der Waals surface area contributed by atoms with Gasteiger partial charge in [0.25, 0.3) is 5.91 Å². The molecule has 2 fully saturated rings. The standard InChI is InChI=1S/C39H52ClN3O5S/c1-5-7-16-39(45,17-8-18-42-19-21-47-22-20-42)35-14-10-31(35)25-43-26-32(34-13-12-33(40)23-29(34)9-6-2)27-48-37-15-11-30(24-36(37)43)38(44)41-49(46)28(3)4/h7,11-13,15-16,23-24,28,31-32,35,45H,5-6,9-10,14,18-22,25-27H2,1-4H3,(H,41,44)/b16-7+. The summed E-state index contributed by atoms with van der Waals surface area (Å²) in [6, 6.07) is 11.6. The Morgan fingerprint density at radius 2 is 1.98 bits per heavy atom. The molecule has 2 aromatic rings. The number of allylic oxidation sites excluding steroid dienone is 1. The van der Waals surface area contributed by atoms with Gasteiger partial charge in [-0.3, -0.25) is 14.4 Å². The van der Waals surface area contributed by atoms with Crippen molar-refractivity contribution in [1.29, 1.82) is 0 Å². The van der Waals surface area contributed by atoms with Crippen LogP contribution in [0.3, 0.4) is 0 Å². The summed E-state index contributed by atoms with van der Waals surface area (Å²) in [7, 11) is -1.49. The summed E-state index contributed by atoms with van der Waals surface area (Å²) in [5.41, 5.74) is 2.47. The second kappa shape index (κ2) is 17.4. The molecule has 1 amide bonds. The fraction of sp³-hybridized carbons (Fsp3) is 0.564. The zero-order valence-electron chi connectivity index (χ0n) is 29.4. The van der Waals surface area contributed by atoms with E-state index < -0.39 is 16.6 Å². The van der Waals surface area contributed by atoms with Gasteiger partial charge in [-0.25, -0.2) is 4.21 Å². The Morgan fingerprint density at radius 3 is 2.67 bits per heavy atom. The van der Waals surface area contributed by atoms with E-state index in [0.29, 0.717) is 50.8 Å². The Labute approximate surface area is 300 Å². The quantitative estimate of drug-likeness (QED) is 0.202. The van der Waals surface area contributed by atoms with E-state index in [1.165, 1.54) is 11.1 Å². The predicted octanol–water partition coefficient (Wildman–Crippen LogP) is 6.14. The number of aliphatic hydroxyl groups is 1. The smallest absolute Gasteiger partial charge is 0.263 e.